The molecule has 0 aromatic rings. The van der Waals surface area contributed by atoms with Crippen LogP contribution in [0.15, 0.2) is 0 Å². The molecule has 1 aliphatic heterocycles. The number of likely N-dealkylation sites (tertiary alicyclic amines) is 1. The largest absolute Gasteiger partial charge is 0.459 e. The summed E-state index contributed by atoms with van der Waals surface area (Å²) in [6, 6.07) is 0. The molecule has 0 aromatic carbocycles. The molecule has 0 unspecified atom stereocenters. The molecule has 0 bridgehead atoms. The minimum Gasteiger partial charge on any atom is -0.459 e. The molecule has 2 fully saturated rings. The van der Waals surface area contributed by atoms with E-state index in [0.717, 1.165) is 12.8 Å². The van der Waals surface area contributed by atoms with Gasteiger partial charge in [0.15, 0.2) is 0 Å². The van der Waals surface area contributed by atoms with Crippen LogP contribution in [0.1, 0.15) is 40.0 Å². The fourth-order valence-corrected chi connectivity index (χ4v) is 4.13. The van der Waals surface area contributed by atoms with E-state index < -0.39 is 26.9 Å². The lowest BCUT2D eigenvalue weighted by Crippen LogP contribution is -2.56. The zero-order valence-electron chi connectivity index (χ0n) is 14.1. The van der Waals surface area contributed by atoms with Crippen LogP contribution in [0.4, 0.5) is 4.79 Å². The van der Waals surface area contributed by atoms with Crippen LogP contribution in [-0.4, -0.2) is 62.2 Å². The van der Waals surface area contributed by atoms with Gasteiger partial charge in [0.2, 0.25) is 0 Å². The minimum absolute atomic E-state index is 0.0315. The van der Waals surface area contributed by atoms with E-state index in [-0.39, 0.29) is 24.2 Å². The van der Waals surface area contributed by atoms with Crippen LogP contribution in [0.3, 0.4) is 0 Å². The lowest BCUT2D eigenvalue weighted by molar-refractivity contribution is -0.158. The number of hydrogen-bond acceptors (Lipinski definition) is 6. The summed E-state index contributed by atoms with van der Waals surface area (Å²) in [6.07, 6.45) is 2.05. The van der Waals surface area contributed by atoms with Crippen molar-refractivity contribution in [2.75, 3.05) is 25.1 Å². The third-order valence-electron chi connectivity index (χ3n) is 3.84. The lowest BCUT2D eigenvalue weighted by atomic mass is 10.1. The van der Waals surface area contributed by atoms with Crippen molar-refractivity contribution in [2.24, 2.45) is 5.41 Å². The Kier molecular flexibility index (Phi) is 4.67. The van der Waals surface area contributed by atoms with Gasteiger partial charge < -0.3 is 14.4 Å². The molecule has 1 aliphatic carbocycles. The number of carbonyl (C=O) groups excluding carboxylic acids is 2. The maximum atomic E-state index is 11.9. The zero-order valence-corrected chi connectivity index (χ0v) is 14.9. The van der Waals surface area contributed by atoms with E-state index in [1.54, 1.807) is 20.8 Å². The second-order valence-corrected chi connectivity index (χ2v) is 9.88. The highest BCUT2D eigenvalue weighted by Crippen LogP contribution is 2.50. The lowest BCUT2D eigenvalue weighted by Gasteiger charge is -2.39. The summed E-state index contributed by atoms with van der Waals surface area (Å²) in [5.74, 6) is -0.357. The maximum Gasteiger partial charge on any atom is 0.410 e. The van der Waals surface area contributed by atoms with E-state index in [1.165, 1.54) is 11.2 Å². The minimum atomic E-state index is -3.10. The molecule has 0 aromatic heterocycles. The molecule has 1 saturated carbocycles. The summed E-state index contributed by atoms with van der Waals surface area (Å²) in [4.78, 5) is 25.2. The van der Waals surface area contributed by atoms with Crippen molar-refractivity contribution in [1.82, 2.24) is 4.90 Å². The predicted molar refractivity (Wildman–Crippen MR) is 83.7 cm³/mol. The van der Waals surface area contributed by atoms with E-state index in [9.17, 15) is 18.0 Å². The van der Waals surface area contributed by atoms with Gasteiger partial charge in [0.05, 0.1) is 25.3 Å². The Balaban J connectivity index is 1.72. The first-order chi connectivity index (χ1) is 10.4. The van der Waals surface area contributed by atoms with Crippen LogP contribution in [-0.2, 0) is 24.1 Å². The summed E-state index contributed by atoms with van der Waals surface area (Å²) in [5.41, 5.74) is -0.984. The number of nitrogens with zero attached hydrogens (tertiary/aromatic N) is 1. The van der Waals surface area contributed by atoms with Crippen molar-refractivity contribution < 1.29 is 27.5 Å². The molecule has 23 heavy (non-hydrogen) atoms. The molecule has 1 amide bonds. The Morgan fingerprint density at radius 3 is 2.22 bits per heavy atom. The SMILES string of the molecule is CC(C)(C)OC(=O)N1CC(OC(=O)CC2(CS(C)(=O)=O)CC2)C1. The fraction of sp³-hybridized carbons (Fsp3) is 0.867. The normalized spacial score (nSPS) is 20.6. The molecule has 1 saturated heterocycles. The van der Waals surface area contributed by atoms with E-state index in [4.69, 9.17) is 9.47 Å². The molecule has 2 rings (SSSR count). The maximum absolute atomic E-state index is 11.9. The molecule has 1 heterocycles. The standard InChI is InChI=1S/C15H25NO6S/c1-14(2,3)22-13(18)16-8-11(9-16)21-12(17)7-15(5-6-15)10-23(4,19)20/h11H,5-10H2,1-4H3. The van der Waals surface area contributed by atoms with Crippen LogP contribution >= 0.6 is 0 Å². The molecule has 132 valence electrons. The van der Waals surface area contributed by atoms with E-state index in [1.807, 2.05) is 0 Å². The van der Waals surface area contributed by atoms with Gasteiger partial charge in [-0.2, -0.15) is 0 Å². The highest BCUT2D eigenvalue weighted by molar-refractivity contribution is 7.90. The molecular weight excluding hydrogens is 322 g/mol. The topological polar surface area (TPSA) is 90.0 Å². The second kappa shape index (κ2) is 5.96. The van der Waals surface area contributed by atoms with Crippen LogP contribution in [0.5, 0.6) is 0 Å². The van der Waals surface area contributed by atoms with Crippen molar-refractivity contribution >= 4 is 21.9 Å². The van der Waals surface area contributed by atoms with Gasteiger partial charge >= 0.3 is 12.1 Å². The average molecular weight is 347 g/mol. The fourth-order valence-electron chi connectivity index (χ4n) is 2.63. The number of hydrogen-bond donors (Lipinski definition) is 0. The van der Waals surface area contributed by atoms with Gasteiger partial charge in [-0.05, 0) is 39.0 Å². The van der Waals surface area contributed by atoms with Crippen molar-refractivity contribution in [1.29, 1.82) is 0 Å². The summed E-state index contributed by atoms with van der Waals surface area (Å²) < 4.78 is 33.3. The number of carbonyl (C=O) groups is 2. The van der Waals surface area contributed by atoms with Crippen molar-refractivity contribution in [3.05, 3.63) is 0 Å². The first kappa shape index (κ1) is 18.0. The molecule has 0 radical (unpaired) electrons. The molecular formula is C15H25NO6S. The molecule has 0 N–H and O–H groups in total. The monoisotopic (exact) mass is 347 g/mol. The highest BCUT2D eigenvalue weighted by atomic mass is 32.2. The Labute approximate surface area is 137 Å². The summed E-state index contributed by atoms with van der Waals surface area (Å²) in [7, 11) is -3.10. The molecule has 8 heteroatoms. The smallest absolute Gasteiger partial charge is 0.410 e. The highest BCUT2D eigenvalue weighted by Gasteiger charge is 2.48. The Morgan fingerprint density at radius 1 is 1.22 bits per heavy atom. The second-order valence-electron chi connectivity index (χ2n) is 7.74. The van der Waals surface area contributed by atoms with Crippen LogP contribution in [0.2, 0.25) is 0 Å². The van der Waals surface area contributed by atoms with E-state index in [2.05, 4.69) is 0 Å². The third-order valence-corrected chi connectivity index (χ3v) is 4.98. The van der Waals surface area contributed by atoms with Gasteiger partial charge in [-0.25, -0.2) is 13.2 Å². The number of rotatable bonds is 5. The van der Waals surface area contributed by atoms with Crippen LogP contribution in [0, 0.1) is 5.41 Å². The van der Waals surface area contributed by atoms with Gasteiger partial charge in [0, 0.05) is 6.26 Å². The number of ether oxygens (including phenoxy) is 2. The molecule has 7 nitrogen and oxygen atoms in total. The Morgan fingerprint density at radius 2 is 1.78 bits per heavy atom. The van der Waals surface area contributed by atoms with E-state index >= 15 is 0 Å². The quantitative estimate of drug-likeness (QED) is 0.698. The Bertz CT molecular complexity index is 582. The predicted octanol–water partition coefficient (Wildman–Crippen LogP) is 1.36. The molecule has 0 atom stereocenters. The van der Waals surface area contributed by atoms with Crippen molar-refractivity contribution in [2.45, 2.75) is 51.7 Å². The zero-order chi connectivity index (χ0) is 17.5. The van der Waals surface area contributed by atoms with Gasteiger partial charge in [0.25, 0.3) is 0 Å². The third kappa shape index (κ3) is 5.67. The van der Waals surface area contributed by atoms with Gasteiger partial charge in [0.1, 0.15) is 21.5 Å². The van der Waals surface area contributed by atoms with Crippen molar-refractivity contribution in [3.8, 4) is 0 Å². The summed E-state index contributed by atoms with van der Waals surface area (Å²) >= 11 is 0. The Hall–Kier alpha value is -1.31. The summed E-state index contributed by atoms with van der Waals surface area (Å²) in [5, 5.41) is 0. The molecule has 2 aliphatic rings. The van der Waals surface area contributed by atoms with Gasteiger partial charge in [-0.3, -0.25) is 4.79 Å². The van der Waals surface area contributed by atoms with Crippen LogP contribution < -0.4 is 0 Å². The van der Waals surface area contributed by atoms with Gasteiger partial charge in [-0.1, -0.05) is 0 Å². The first-order valence-corrected chi connectivity index (χ1v) is 9.79. The number of sulfone groups is 1. The number of amides is 1. The van der Waals surface area contributed by atoms with Crippen molar-refractivity contribution in [3.63, 3.8) is 0 Å². The van der Waals surface area contributed by atoms with Gasteiger partial charge in [-0.15, -0.1) is 0 Å². The summed E-state index contributed by atoms with van der Waals surface area (Å²) in [6.45, 7) is 6.01. The first-order valence-electron chi connectivity index (χ1n) is 7.73. The van der Waals surface area contributed by atoms with Crippen LogP contribution in [0.25, 0.3) is 0 Å². The molecule has 0 spiro atoms. The average Bonchev–Trinajstić information content (AvgIpc) is 2.96. The van der Waals surface area contributed by atoms with E-state index in [0.29, 0.717) is 13.1 Å². The number of esters is 1.